The van der Waals surface area contributed by atoms with Gasteiger partial charge in [0.2, 0.25) is 0 Å². The Morgan fingerprint density at radius 2 is 2.06 bits per heavy atom. The van der Waals surface area contributed by atoms with Gasteiger partial charge in [-0.05, 0) is 48.1 Å². The second kappa shape index (κ2) is 9.43. The number of carbonyl (C=O) groups excluding carboxylic acids is 1. The summed E-state index contributed by atoms with van der Waals surface area (Å²) in [6.45, 7) is 4.33. The van der Waals surface area contributed by atoms with E-state index in [9.17, 15) is 4.79 Å². The van der Waals surface area contributed by atoms with Crippen LogP contribution in [0.1, 0.15) is 43.1 Å². The Bertz CT molecular complexity index is 1210. The van der Waals surface area contributed by atoms with E-state index in [1.807, 2.05) is 29.0 Å². The lowest BCUT2D eigenvalue weighted by atomic mass is 9.92. The number of aromatic nitrogens is 1. The minimum absolute atomic E-state index is 0.150. The fourth-order valence-corrected chi connectivity index (χ4v) is 6.30. The number of hydrogen-bond donors (Lipinski definition) is 1. The summed E-state index contributed by atoms with van der Waals surface area (Å²) >= 11 is 3.16. The van der Waals surface area contributed by atoms with Gasteiger partial charge in [-0.15, -0.1) is 22.7 Å². The van der Waals surface area contributed by atoms with Gasteiger partial charge in [0.15, 0.2) is 0 Å². The molecule has 2 aromatic carbocycles. The van der Waals surface area contributed by atoms with Gasteiger partial charge in [-0.3, -0.25) is 4.79 Å². The first-order valence-corrected chi connectivity index (χ1v) is 13.1. The van der Waals surface area contributed by atoms with Crippen molar-refractivity contribution in [2.24, 2.45) is 5.92 Å². The average Bonchev–Trinajstić information content (AvgIpc) is 3.51. The maximum atomic E-state index is 13.2. The van der Waals surface area contributed by atoms with Crippen LogP contribution in [0.4, 0.5) is 11.4 Å². The van der Waals surface area contributed by atoms with Crippen molar-refractivity contribution in [1.82, 2.24) is 4.98 Å². The minimum Gasteiger partial charge on any atom is -0.369 e. The van der Waals surface area contributed by atoms with Gasteiger partial charge in [0, 0.05) is 23.9 Å². The van der Waals surface area contributed by atoms with Crippen LogP contribution in [0.5, 0.6) is 0 Å². The van der Waals surface area contributed by atoms with Crippen LogP contribution in [0.25, 0.3) is 20.7 Å². The zero-order valence-corrected chi connectivity index (χ0v) is 19.8. The van der Waals surface area contributed by atoms with Crippen molar-refractivity contribution < 1.29 is 4.79 Å². The Labute approximate surface area is 196 Å². The highest BCUT2D eigenvalue weighted by molar-refractivity contribution is 7.20. The summed E-state index contributed by atoms with van der Waals surface area (Å²) in [7, 11) is 0. The van der Waals surface area contributed by atoms with E-state index < -0.39 is 0 Å². The SMILES string of the molecule is CCCC1CCCN(c2c(NC(=O)c3csc(-c4cccs4)n3)ccc3ccccc23)C1. The predicted molar refractivity (Wildman–Crippen MR) is 137 cm³/mol. The Morgan fingerprint density at radius 1 is 1.16 bits per heavy atom. The molecular weight excluding hydrogens is 434 g/mol. The number of rotatable bonds is 6. The molecule has 4 nitrogen and oxygen atoms in total. The molecule has 1 unspecified atom stereocenters. The molecule has 1 saturated heterocycles. The number of piperidine rings is 1. The van der Waals surface area contributed by atoms with Gasteiger partial charge in [0.25, 0.3) is 5.91 Å². The molecule has 1 fully saturated rings. The highest BCUT2D eigenvalue weighted by atomic mass is 32.1. The number of nitrogens with zero attached hydrogens (tertiary/aromatic N) is 2. The number of nitrogens with one attached hydrogen (secondary N) is 1. The molecule has 4 aromatic rings. The second-order valence-electron chi connectivity index (χ2n) is 8.40. The molecule has 6 heteroatoms. The number of fused-ring (bicyclic) bond motifs is 1. The third-order valence-corrected chi connectivity index (χ3v) is 8.03. The van der Waals surface area contributed by atoms with Gasteiger partial charge in [0.1, 0.15) is 10.7 Å². The molecule has 1 aliphatic heterocycles. The van der Waals surface area contributed by atoms with Gasteiger partial charge in [-0.25, -0.2) is 4.98 Å². The molecule has 0 radical (unpaired) electrons. The number of anilines is 2. The maximum Gasteiger partial charge on any atom is 0.275 e. The lowest BCUT2D eigenvalue weighted by Gasteiger charge is -2.36. The maximum absolute atomic E-state index is 13.2. The molecule has 5 rings (SSSR count). The lowest BCUT2D eigenvalue weighted by molar-refractivity contribution is 0.102. The molecule has 1 N–H and O–H groups in total. The number of benzene rings is 2. The Balaban J connectivity index is 1.47. The first kappa shape index (κ1) is 21.2. The van der Waals surface area contributed by atoms with Crippen LogP contribution in [0.2, 0.25) is 0 Å². The van der Waals surface area contributed by atoms with Crippen molar-refractivity contribution >= 4 is 50.7 Å². The number of amides is 1. The summed E-state index contributed by atoms with van der Waals surface area (Å²) in [6, 6.07) is 16.7. The van der Waals surface area contributed by atoms with Crippen molar-refractivity contribution in [2.45, 2.75) is 32.6 Å². The van der Waals surface area contributed by atoms with E-state index in [1.54, 1.807) is 11.3 Å². The third kappa shape index (κ3) is 4.30. The van der Waals surface area contributed by atoms with E-state index in [0.717, 1.165) is 34.3 Å². The van der Waals surface area contributed by atoms with Crippen LogP contribution in [0.3, 0.4) is 0 Å². The molecule has 1 aliphatic rings. The summed E-state index contributed by atoms with van der Waals surface area (Å²) in [5, 5.41) is 10.4. The van der Waals surface area contributed by atoms with Crippen LogP contribution in [-0.4, -0.2) is 24.0 Å². The highest BCUT2D eigenvalue weighted by Gasteiger charge is 2.24. The quantitative estimate of drug-likeness (QED) is 0.328. The van der Waals surface area contributed by atoms with Crippen LogP contribution in [0, 0.1) is 5.92 Å². The van der Waals surface area contributed by atoms with E-state index >= 15 is 0 Å². The number of thiophene rings is 1. The van der Waals surface area contributed by atoms with Gasteiger partial charge in [-0.1, -0.05) is 49.7 Å². The molecular formula is C26H27N3OS2. The van der Waals surface area contributed by atoms with Crippen molar-refractivity contribution in [3.05, 3.63) is 65.0 Å². The van der Waals surface area contributed by atoms with Crippen molar-refractivity contribution in [1.29, 1.82) is 0 Å². The highest BCUT2D eigenvalue weighted by Crippen LogP contribution is 2.38. The summed E-state index contributed by atoms with van der Waals surface area (Å²) in [5.74, 6) is 0.561. The summed E-state index contributed by atoms with van der Waals surface area (Å²) < 4.78 is 0. The van der Waals surface area contributed by atoms with Crippen LogP contribution in [-0.2, 0) is 0 Å². The molecule has 0 saturated carbocycles. The lowest BCUT2D eigenvalue weighted by Crippen LogP contribution is -2.36. The number of thiazole rings is 1. The van der Waals surface area contributed by atoms with Crippen molar-refractivity contribution in [3.63, 3.8) is 0 Å². The van der Waals surface area contributed by atoms with Crippen LogP contribution in [0.15, 0.2) is 59.3 Å². The van der Waals surface area contributed by atoms with Gasteiger partial charge < -0.3 is 10.2 Å². The van der Waals surface area contributed by atoms with Crippen molar-refractivity contribution in [2.75, 3.05) is 23.3 Å². The van der Waals surface area contributed by atoms with E-state index in [0.29, 0.717) is 11.6 Å². The molecule has 0 aliphatic carbocycles. The minimum atomic E-state index is -0.150. The molecule has 1 amide bonds. The molecule has 164 valence electrons. The summed E-state index contributed by atoms with van der Waals surface area (Å²) in [4.78, 5) is 21.3. The monoisotopic (exact) mass is 461 g/mol. The van der Waals surface area contributed by atoms with E-state index in [2.05, 4.69) is 52.5 Å². The zero-order valence-electron chi connectivity index (χ0n) is 18.2. The topological polar surface area (TPSA) is 45.2 Å². The fraction of sp³-hybridized carbons (Fsp3) is 0.308. The second-order valence-corrected chi connectivity index (χ2v) is 10.2. The van der Waals surface area contributed by atoms with E-state index in [4.69, 9.17) is 0 Å². The predicted octanol–water partition coefficient (Wildman–Crippen LogP) is 7.29. The van der Waals surface area contributed by atoms with E-state index in [1.165, 1.54) is 47.8 Å². The first-order chi connectivity index (χ1) is 15.7. The van der Waals surface area contributed by atoms with Crippen LogP contribution < -0.4 is 10.2 Å². The average molecular weight is 462 g/mol. The van der Waals surface area contributed by atoms with Gasteiger partial charge in [-0.2, -0.15) is 0 Å². The standard InChI is InChI=1S/C26H27N3OS2/c1-2-7-18-8-5-14-29(16-18)24-20-10-4-3-9-19(20)12-13-21(24)27-25(30)22-17-32-26(28-22)23-11-6-15-31-23/h3-4,6,9-13,15,17-18H,2,5,7-8,14,16H2,1H3,(H,27,30). The zero-order chi connectivity index (χ0) is 21.9. The molecule has 32 heavy (non-hydrogen) atoms. The molecule has 0 spiro atoms. The van der Waals surface area contributed by atoms with Crippen molar-refractivity contribution in [3.8, 4) is 9.88 Å². The molecule has 3 heterocycles. The normalized spacial score (nSPS) is 16.4. The van der Waals surface area contributed by atoms with Gasteiger partial charge in [0.05, 0.1) is 16.3 Å². The van der Waals surface area contributed by atoms with Gasteiger partial charge >= 0.3 is 0 Å². The smallest absolute Gasteiger partial charge is 0.275 e. The van der Waals surface area contributed by atoms with E-state index in [-0.39, 0.29) is 5.91 Å². The molecule has 2 aromatic heterocycles. The Morgan fingerprint density at radius 3 is 2.91 bits per heavy atom. The third-order valence-electron chi connectivity index (χ3n) is 6.15. The largest absolute Gasteiger partial charge is 0.369 e. The number of carbonyl (C=O) groups is 1. The molecule has 0 bridgehead atoms. The number of hydrogen-bond acceptors (Lipinski definition) is 5. The Hall–Kier alpha value is -2.70. The molecule has 1 atom stereocenters. The Kier molecular flexibility index (Phi) is 6.23. The van der Waals surface area contributed by atoms with Crippen LogP contribution >= 0.6 is 22.7 Å². The summed E-state index contributed by atoms with van der Waals surface area (Å²) in [6.07, 6.45) is 4.96. The fourth-order valence-electron chi connectivity index (χ4n) is 4.69. The summed E-state index contributed by atoms with van der Waals surface area (Å²) in [5.41, 5.74) is 2.49. The first-order valence-electron chi connectivity index (χ1n) is 11.3.